The number of hydrogen-bond donors (Lipinski definition) is 0. The van der Waals surface area contributed by atoms with Crippen molar-refractivity contribution in [3.05, 3.63) is 106 Å². The van der Waals surface area contributed by atoms with Crippen LogP contribution in [0.25, 0.3) is 23.3 Å². The van der Waals surface area contributed by atoms with E-state index in [9.17, 15) is 0 Å². The zero-order valence-corrected chi connectivity index (χ0v) is 29.2. The topological polar surface area (TPSA) is 0 Å². The van der Waals surface area contributed by atoms with Gasteiger partial charge in [-0.25, -0.2) is 0 Å². The molecule has 199 valence electrons. The second-order valence-electron chi connectivity index (χ2n) is 13.2. The van der Waals surface area contributed by atoms with Gasteiger partial charge in [0.1, 0.15) is 0 Å². The van der Waals surface area contributed by atoms with Crippen LogP contribution in [-0.4, -0.2) is 5.92 Å². The predicted octanol–water partition coefficient (Wildman–Crippen LogP) is 10.9. The Morgan fingerprint density at radius 3 is 2.03 bits per heavy atom. The zero-order valence-electron chi connectivity index (χ0n) is 24.1. The molecule has 0 fully saturated rings. The van der Waals surface area contributed by atoms with Gasteiger partial charge in [-0.2, -0.15) is 0 Å². The van der Waals surface area contributed by atoms with Crippen molar-refractivity contribution in [2.75, 3.05) is 0 Å². The molecular weight excluding hydrogens is 599 g/mol. The Morgan fingerprint density at radius 2 is 1.42 bits per heavy atom. The molecule has 0 spiro atoms. The predicted molar refractivity (Wildman–Crippen MR) is 170 cm³/mol. The summed E-state index contributed by atoms with van der Waals surface area (Å²) in [5, 5.41) is 0. The van der Waals surface area contributed by atoms with Gasteiger partial charge < -0.3 is 0 Å². The molecule has 2 aliphatic rings. The van der Waals surface area contributed by atoms with Gasteiger partial charge in [-0.1, -0.05) is 0 Å². The molecule has 0 radical (unpaired) electrons. The quantitative estimate of drug-likeness (QED) is 0.244. The standard InChI is InChI=1S/C22H25.C10H9.C2H7Si.2ClH.Zr/c1-15(2)18-13-17-7-6-8-20(21(17)14-18)16-9-11-19(12-10-16)22(3,4)5;1-8-6-9-4-2-3-5-10(9)7-8;1-3-2;;;/h6-15H,1-5H3;2-7H,1H3;3H,1-2H3;2*1H;/q;;;;;+2/p-2. The summed E-state index contributed by atoms with van der Waals surface area (Å²) in [5.74, 6) is -1.14. The number of fused-ring (bicyclic) bond motifs is 2. The van der Waals surface area contributed by atoms with Crippen LogP contribution in [0.5, 0.6) is 0 Å². The van der Waals surface area contributed by atoms with Crippen LogP contribution in [0.1, 0.15) is 76.6 Å². The molecule has 0 bridgehead atoms. The minimum absolute atomic E-state index is 0.134. The van der Waals surface area contributed by atoms with Crippen molar-refractivity contribution in [1.82, 2.24) is 0 Å². The van der Waals surface area contributed by atoms with Gasteiger partial charge in [0.05, 0.1) is 0 Å². The average molecular weight is 640 g/mol. The molecule has 2 unspecified atom stereocenters. The fraction of sp³-hybridized carbons (Fsp3) is 0.353. The molecule has 2 aliphatic carbocycles. The van der Waals surface area contributed by atoms with E-state index in [-0.39, 0.29) is 12.7 Å². The first-order valence-corrected chi connectivity index (χ1v) is 30.4. The van der Waals surface area contributed by atoms with Crippen LogP contribution in [-0.2, 0) is 21.0 Å². The van der Waals surface area contributed by atoms with Gasteiger partial charge in [-0.15, -0.1) is 0 Å². The van der Waals surface area contributed by atoms with Crippen LogP contribution >= 0.6 is 17.0 Å². The van der Waals surface area contributed by atoms with E-state index < -0.39 is 21.5 Å². The Hall–Kier alpha value is -1.18. The summed E-state index contributed by atoms with van der Waals surface area (Å²) in [6.07, 6.45) is 4.81. The SMILES string of the molecule is CC1=Cc2ccccc2[CH]1[Zr]([Cl])([Cl])([CH]1C(C(C)C)=Cc2c(-c3ccc(C(C)(C)C)cc3)cccc21)[SiH](C)C. The van der Waals surface area contributed by atoms with Gasteiger partial charge in [0, 0.05) is 0 Å². The van der Waals surface area contributed by atoms with Crippen molar-refractivity contribution in [3.63, 3.8) is 0 Å². The van der Waals surface area contributed by atoms with Gasteiger partial charge in [0.25, 0.3) is 0 Å². The molecule has 0 amide bonds. The van der Waals surface area contributed by atoms with E-state index in [0.717, 1.165) is 0 Å². The van der Waals surface area contributed by atoms with Crippen LogP contribution in [0.2, 0.25) is 13.1 Å². The van der Waals surface area contributed by atoms with E-state index in [2.05, 4.69) is 134 Å². The summed E-state index contributed by atoms with van der Waals surface area (Å²) >= 11 is -4.60. The molecule has 0 aliphatic heterocycles. The fourth-order valence-corrected chi connectivity index (χ4v) is 39.2. The second-order valence-corrected chi connectivity index (χ2v) is 55.7. The van der Waals surface area contributed by atoms with Gasteiger partial charge in [0.2, 0.25) is 0 Å². The van der Waals surface area contributed by atoms with E-state index in [0.29, 0.717) is 5.92 Å². The molecule has 0 nitrogen and oxygen atoms in total. The number of halogens is 2. The van der Waals surface area contributed by atoms with Crippen LogP contribution in [0.3, 0.4) is 0 Å². The molecule has 3 aromatic carbocycles. The summed E-state index contributed by atoms with van der Waals surface area (Å²) in [6, 6.07) is 24.8. The monoisotopic (exact) mass is 637 g/mol. The van der Waals surface area contributed by atoms with Crippen LogP contribution in [0, 0.1) is 5.92 Å². The first-order valence-electron chi connectivity index (χ1n) is 14.0. The molecule has 0 saturated heterocycles. The third-order valence-corrected chi connectivity index (χ3v) is 61.1. The second kappa shape index (κ2) is 9.73. The summed E-state index contributed by atoms with van der Waals surface area (Å²) in [6.45, 7) is 18.6. The van der Waals surface area contributed by atoms with Crippen molar-refractivity contribution in [3.8, 4) is 11.1 Å². The van der Waals surface area contributed by atoms with Gasteiger partial charge in [-0.3, -0.25) is 0 Å². The maximum absolute atomic E-state index is 8.36. The number of benzene rings is 3. The summed E-state index contributed by atoms with van der Waals surface area (Å²) in [5.41, 5.74) is 12.2. The van der Waals surface area contributed by atoms with Crippen molar-refractivity contribution in [2.24, 2.45) is 5.92 Å². The normalized spacial score (nSPS) is 20.2. The molecule has 5 rings (SSSR count). The number of hydrogen-bond acceptors (Lipinski definition) is 0. The summed E-state index contributed by atoms with van der Waals surface area (Å²) < 4.78 is 0.296. The van der Waals surface area contributed by atoms with Crippen LogP contribution < -0.4 is 0 Å². The van der Waals surface area contributed by atoms with E-state index in [1.165, 1.54) is 50.1 Å². The molecule has 0 aromatic heterocycles. The third-order valence-electron chi connectivity index (χ3n) is 9.18. The maximum atomic E-state index is 8.36. The molecular formula is C34H41Cl2SiZr. The molecule has 0 saturated carbocycles. The Bertz CT molecular complexity index is 1450. The van der Waals surface area contributed by atoms with Crippen LogP contribution in [0.15, 0.2) is 77.9 Å². The Balaban J connectivity index is 1.73. The van der Waals surface area contributed by atoms with Gasteiger partial charge in [0.15, 0.2) is 0 Å². The fourth-order valence-electron chi connectivity index (χ4n) is 6.99. The van der Waals surface area contributed by atoms with Crippen molar-refractivity contribution < 1.29 is 15.6 Å². The molecule has 0 N–H and O–H groups in total. The summed E-state index contributed by atoms with van der Waals surface area (Å²) in [4.78, 5) is 0. The summed E-state index contributed by atoms with van der Waals surface area (Å²) in [7, 11) is 16.7. The van der Waals surface area contributed by atoms with E-state index in [1.54, 1.807) is 0 Å². The Kier molecular flexibility index (Phi) is 7.26. The molecule has 2 atom stereocenters. The van der Waals surface area contributed by atoms with E-state index in [1.807, 2.05) is 0 Å². The molecule has 38 heavy (non-hydrogen) atoms. The van der Waals surface area contributed by atoms with E-state index in [4.69, 9.17) is 17.0 Å². The Morgan fingerprint density at radius 1 is 0.789 bits per heavy atom. The van der Waals surface area contributed by atoms with E-state index >= 15 is 0 Å². The number of rotatable bonds is 5. The average Bonchev–Trinajstić information content (AvgIpc) is 3.42. The molecule has 0 heterocycles. The number of allylic oxidation sites excluding steroid dienone is 2. The van der Waals surface area contributed by atoms with Crippen molar-refractivity contribution in [2.45, 2.75) is 67.3 Å². The Labute approximate surface area is 239 Å². The first kappa shape index (κ1) is 28.4. The van der Waals surface area contributed by atoms with Gasteiger partial charge >= 0.3 is 241 Å². The molecule has 3 aromatic rings. The first-order chi connectivity index (χ1) is 17.7. The third kappa shape index (κ3) is 4.34. The van der Waals surface area contributed by atoms with Crippen molar-refractivity contribution in [1.29, 1.82) is 0 Å². The van der Waals surface area contributed by atoms with Crippen LogP contribution in [0.4, 0.5) is 0 Å². The van der Waals surface area contributed by atoms with Crippen molar-refractivity contribution >= 4 is 35.1 Å². The van der Waals surface area contributed by atoms with Gasteiger partial charge in [-0.05, 0) is 0 Å². The molecule has 4 heteroatoms. The minimum atomic E-state index is -4.60. The zero-order chi connectivity index (χ0) is 27.6.